The number of aromatic nitrogens is 1. The first-order valence-electron chi connectivity index (χ1n) is 5.74. The minimum absolute atomic E-state index is 0.0190. The number of nitrogens with zero attached hydrogens (tertiary/aromatic N) is 2. The summed E-state index contributed by atoms with van der Waals surface area (Å²) >= 11 is 1.40. The van der Waals surface area contributed by atoms with Gasteiger partial charge in [-0.05, 0) is 12.8 Å². The highest BCUT2D eigenvalue weighted by Crippen LogP contribution is 2.20. The fourth-order valence-corrected chi connectivity index (χ4v) is 2.48. The molecule has 1 N–H and O–H groups in total. The second-order valence-electron chi connectivity index (χ2n) is 4.06. The van der Waals surface area contributed by atoms with E-state index in [1.807, 2.05) is 5.38 Å². The van der Waals surface area contributed by atoms with E-state index in [2.05, 4.69) is 15.0 Å². The number of amides is 2. The molecule has 2 heterocycles. The predicted octanol–water partition coefficient (Wildman–Crippen LogP) is 1.56. The van der Waals surface area contributed by atoms with Crippen molar-refractivity contribution in [2.45, 2.75) is 12.8 Å². The maximum Gasteiger partial charge on any atom is 0.409 e. The summed E-state index contributed by atoms with van der Waals surface area (Å²) < 4.78 is 4.65. The van der Waals surface area contributed by atoms with Gasteiger partial charge in [-0.25, -0.2) is 9.78 Å². The molecule has 1 fully saturated rings. The predicted molar refractivity (Wildman–Crippen MR) is 67.4 cm³/mol. The van der Waals surface area contributed by atoms with Gasteiger partial charge in [-0.2, -0.15) is 0 Å². The number of anilines is 1. The third-order valence-corrected chi connectivity index (χ3v) is 3.65. The highest BCUT2D eigenvalue weighted by molar-refractivity contribution is 7.13. The molecule has 0 spiro atoms. The van der Waals surface area contributed by atoms with E-state index in [1.54, 1.807) is 11.1 Å². The Morgan fingerprint density at radius 2 is 2.22 bits per heavy atom. The van der Waals surface area contributed by atoms with Crippen LogP contribution in [0.5, 0.6) is 0 Å². The van der Waals surface area contributed by atoms with Crippen LogP contribution in [0.3, 0.4) is 0 Å². The molecule has 98 valence electrons. The smallest absolute Gasteiger partial charge is 0.409 e. The SMILES string of the molecule is COC(=O)N1CCC(C(=O)Nc2nccs2)CC1. The van der Waals surface area contributed by atoms with Crippen molar-refractivity contribution in [1.29, 1.82) is 0 Å². The van der Waals surface area contributed by atoms with Crippen LogP contribution in [0.25, 0.3) is 0 Å². The summed E-state index contributed by atoms with van der Waals surface area (Å²) in [5.41, 5.74) is 0. The molecule has 1 saturated heterocycles. The normalized spacial score (nSPS) is 16.4. The Balaban J connectivity index is 1.82. The molecule has 1 aliphatic heterocycles. The van der Waals surface area contributed by atoms with Crippen molar-refractivity contribution in [1.82, 2.24) is 9.88 Å². The Bertz CT molecular complexity index is 413. The van der Waals surface area contributed by atoms with Crippen LogP contribution in [0.1, 0.15) is 12.8 Å². The zero-order valence-electron chi connectivity index (χ0n) is 10.1. The number of ether oxygens (including phenoxy) is 1. The first-order chi connectivity index (χ1) is 8.70. The number of hydrogen-bond acceptors (Lipinski definition) is 5. The van der Waals surface area contributed by atoms with Crippen molar-refractivity contribution in [2.75, 3.05) is 25.5 Å². The van der Waals surface area contributed by atoms with Crippen LogP contribution in [-0.4, -0.2) is 42.1 Å². The van der Waals surface area contributed by atoms with Crippen LogP contribution < -0.4 is 5.32 Å². The third-order valence-electron chi connectivity index (χ3n) is 2.96. The Labute approximate surface area is 109 Å². The zero-order valence-corrected chi connectivity index (χ0v) is 10.9. The first-order valence-corrected chi connectivity index (χ1v) is 6.62. The Hall–Kier alpha value is -1.63. The lowest BCUT2D eigenvalue weighted by Crippen LogP contribution is -2.41. The minimum atomic E-state index is -0.325. The molecule has 0 aliphatic carbocycles. The lowest BCUT2D eigenvalue weighted by atomic mass is 9.96. The molecule has 1 aliphatic rings. The van der Waals surface area contributed by atoms with E-state index in [4.69, 9.17) is 0 Å². The second-order valence-corrected chi connectivity index (χ2v) is 4.95. The molecule has 0 radical (unpaired) electrons. The molecule has 0 unspecified atom stereocenters. The number of rotatable bonds is 2. The van der Waals surface area contributed by atoms with Gasteiger partial charge >= 0.3 is 6.09 Å². The summed E-state index contributed by atoms with van der Waals surface area (Å²) in [7, 11) is 1.36. The number of nitrogens with one attached hydrogen (secondary N) is 1. The van der Waals surface area contributed by atoms with Gasteiger partial charge in [0.25, 0.3) is 0 Å². The summed E-state index contributed by atoms with van der Waals surface area (Å²) in [6.07, 6.45) is 2.65. The molecule has 0 saturated carbocycles. The maximum atomic E-state index is 11.9. The van der Waals surface area contributed by atoms with Crippen LogP contribution in [0.4, 0.5) is 9.93 Å². The third kappa shape index (κ3) is 2.98. The molecular weight excluding hydrogens is 254 g/mol. The van der Waals surface area contributed by atoms with E-state index < -0.39 is 0 Å². The molecule has 0 atom stereocenters. The van der Waals surface area contributed by atoms with Crippen LogP contribution >= 0.6 is 11.3 Å². The number of likely N-dealkylation sites (tertiary alicyclic amines) is 1. The topological polar surface area (TPSA) is 71.5 Å². The van der Waals surface area contributed by atoms with E-state index >= 15 is 0 Å². The van der Waals surface area contributed by atoms with Gasteiger partial charge < -0.3 is 15.0 Å². The van der Waals surface area contributed by atoms with E-state index in [9.17, 15) is 9.59 Å². The largest absolute Gasteiger partial charge is 0.453 e. The van der Waals surface area contributed by atoms with Crippen molar-refractivity contribution in [3.63, 3.8) is 0 Å². The molecular formula is C11H15N3O3S. The molecule has 18 heavy (non-hydrogen) atoms. The van der Waals surface area contributed by atoms with Gasteiger partial charge in [0.15, 0.2) is 5.13 Å². The van der Waals surface area contributed by atoms with Gasteiger partial charge in [0.2, 0.25) is 5.91 Å². The molecule has 2 rings (SSSR count). The van der Waals surface area contributed by atoms with Crippen LogP contribution in [0.2, 0.25) is 0 Å². The van der Waals surface area contributed by atoms with Crippen LogP contribution in [0, 0.1) is 5.92 Å². The van der Waals surface area contributed by atoms with Crippen molar-refractivity contribution in [2.24, 2.45) is 5.92 Å². The summed E-state index contributed by atoms with van der Waals surface area (Å²) in [4.78, 5) is 28.9. The molecule has 2 amide bonds. The Morgan fingerprint density at radius 3 is 2.78 bits per heavy atom. The van der Waals surface area contributed by atoms with Crippen molar-refractivity contribution in [3.05, 3.63) is 11.6 Å². The van der Waals surface area contributed by atoms with Crippen molar-refractivity contribution < 1.29 is 14.3 Å². The van der Waals surface area contributed by atoms with Crippen LogP contribution in [-0.2, 0) is 9.53 Å². The van der Waals surface area contributed by atoms with Gasteiger partial charge in [0, 0.05) is 30.6 Å². The number of methoxy groups -OCH3 is 1. The van der Waals surface area contributed by atoms with E-state index in [0.29, 0.717) is 31.1 Å². The quantitative estimate of drug-likeness (QED) is 0.884. The van der Waals surface area contributed by atoms with Gasteiger partial charge in [-0.1, -0.05) is 0 Å². The zero-order chi connectivity index (χ0) is 13.0. The maximum absolute atomic E-state index is 11.9. The van der Waals surface area contributed by atoms with Gasteiger partial charge in [0.05, 0.1) is 7.11 Å². The first kappa shape index (κ1) is 12.8. The second kappa shape index (κ2) is 5.81. The standard InChI is InChI=1S/C11H15N3O3S/c1-17-11(16)14-5-2-8(3-6-14)9(15)13-10-12-4-7-18-10/h4,7-8H,2-3,5-6H2,1H3,(H,12,13,15). The number of carbonyl (C=O) groups excluding carboxylic acids is 2. The van der Waals surface area contributed by atoms with E-state index in [1.165, 1.54) is 18.4 Å². The monoisotopic (exact) mass is 269 g/mol. The van der Waals surface area contributed by atoms with Gasteiger partial charge in [-0.15, -0.1) is 11.3 Å². The fraction of sp³-hybridized carbons (Fsp3) is 0.545. The van der Waals surface area contributed by atoms with E-state index in [-0.39, 0.29) is 17.9 Å². The number of hydrogen-bond donors (Lipinski definition) is 1. The van der Waals surface area contributed by atoms with E-state index in [0.717, 1.165) is 0 Å². The lowest BCUT2D eigenvalue weighted by molar-refractivity contribution is -0.121. The minimum Gasteiger partial charge on any atom is -0.453 e. The average molecular weight is 269 g/mol. The molecule has 1 aromatic heterocycles. The molecule has 0 bridgehead atoms. The molecule has 7 heteroatoms. The van der Waals surface area contributed by atoms with Crippen molar-refractivity contribution >= 4 is 28.5 Å². The highest BCUT2D eigenvalue weighted by Gasteiger charge is 2.27. The summed E-state index contributed by atoms with van der Waals surface area (Å²) in [6, 6.07) is 0. The lowest BCUT2D eigenvalue weighted by Gasteiger charge is -2.29. The van der Waals surface area contributed by atoms with Crippen LogP contribution in [0.15, 0.2) is 11.6 Å². The Kier molecular flexibility index (Phi) is 4.14. The number of thiazole rings is 1. The molecule has 1 aromatic rings. The summed E-state index contributed by atoms with van der Waals surface area (Å²) in [5, 5.41) is 5.22. The fourth-order valence-electron chi connectivity index (χ4n) is 1.95. The molecule has 6 nitrogen and oxygen atoms in total. The van der Waals surface area contributed by atoms with Crippen molar-refractivity contribution in [3.8, 4) is 0 Å². The summed E-state index contributed by atoms with van der Waals surface area (Å²) in [6.45, 7) is 1.12. The Morgan fingerprint density at radius 1 is 1.50 bits per heavy atom. The number of piperidine rings is 1. The van der Waals surface area contributed by atoms with Gasteiger partial charge in [-0.3, -0.25) is 4.79 Å². The van der Waals surface area contributed by atoms with Gasteiger partial charge in [0.1, 0.15) is 0 Å². The number of carbonyl (C=O) groups is 2. The highest BCUT2D eigenvalue weighted by atomic mass is 32.1. The summed E-state index contributed by atoms with van der Waals surface area (Å²) in [5.74, 6) is -0.0794. The average Bonchev–Trinajstić information content (AvgIpc) is 2.91. The molecule has 0 aromatic carbocycles.